The van der Waals surface area contributed by atoms with Crippen LogP contribution in [-0.4, -0.2) is 37.0 Å². The molecular weight excluding hydrogens is 350 g/mol. The lowest BCUT2D eigenvalue weighted by Crippen LogP contribution is -2.31. The van der Waals surface area contributed by atoms with Gasteiger partial charge in [-0.15, -0.1) is 0 Å². The predicted molar refractivity (Wildman–Crippen MR) is 100 cm³/mol. The number of ether oxygens (including phenoxy) is 1. The number of hydrogen-bond donors (Lipinski definition) is 1. The van der Waals surface area contributed by atoms with Gasteiger partial charge in [0.15, 0.2) is 0 Å². The Hall–Kier alpha value is -3.26. The minimum Gasteiger partial charge on any atom is -0.375 e. The van der Waals surface area contributed by atoms with Crippen molar-refractivity contribution in [2.75, 3.05) is 30.5 Å². The number of nitro groups is 1. The maximum atomic E-state index is 12.4. The Morgan fingerprint density at radius 3 is 2.74 bits per heavy atom. The van der Waals surface area contributed by atoms with Crippen LogP contribution in [0, 0.1) is 17.0 Å². The van der Waals surface area contributed by atoms with Crippen molar-refractivity contribution >= 4 is 28.9 Å². The topological polar surface area (TPSA) is 102 Å². The molecule has 27 heavy (non-hydrogen) atoms. The molecule has 1 aliphatic heterocycles. The standard InChI is InChI=1S/C19H19N3O5/c1-12-3-4-14(10-17(12)22(25)26)19(24)20-15-5-6-16-13(9-15)7-8-21(16)18(23)11-27-2/h3-6,9-10H,7-8,11H2,1-2H3,(H,20,24). The Balaban J connectivity index is 1.78. The summed E-state index contributed by atoms with van der Waals surface area (Å²) in [4.78, 5) is 36.7. The first kappa shape index (κ1) is 18.5. The van der Waals surface area contributed by atoms with Gasteiger partial charge >= 0.3 is 0 Å². The molecule has 2 amide bonds. The summed E-state index contributed by atoms with van der Waals surface area (Å²) in [5, 5.41) is 13.8. The number of benzene rings is 2. The van der Waals surface area contributed by atoms with Crippen molar-refractivity contribution in [2.24, 2.45) is 0 Å². The number of carbonyl (C=O) groups is 2. The normalized spacial score (nSPS) is 12.6. The van der Waals surface area contributed by atoms with E-state index in [1.54, 1.807) is 36.1 Å². The number of nitrogens with zero attached hydrogens (tertiary/aromatic N) is 2. The molecule has 1 aliphatic rings. The highest BCUT2D eigenvalue weighted by Crippen LogP contribution is 2.31. The highest BCUT2D eigenvalue weighted by Gasteiger charge is 2.25. The van der Waals surface area contributed by atoms with Crippen LogP contribution < -0.4 is 10.2 Å². The average molecular weight is 369 g/mol. The maximum Gasteiger partial charge on any atom is 0.273 e. The van der Waals surface area contributed by atoms with Crippen LogP contribution in [0.5, 0.6) is 0 Å². The van der Waals surface area contributed by atoms with E-state index in [9.17, 15) is 19.7 Å². The van der Waals surface area contributed by atoms with Gasteiger partial charge in [-0.3, -0.25) is 19.7 Å². The molecule has 1 N–H and O–H groups in total. The zero-order valence-electron chi connectivity index (χ0n) is 15.0. The first-order valence-corrected chi connectivity index (χ1v) is 8.39. The molecule has 3 rings (SSSR count). The minimum absolute atomic E-state index is 0.0180. The smallest absolute Gasteiger partial charge is 0.273 e. The van der Waals surface area contributed by atoms with Crippen molar-refractivity contribution in [3.05, 3.63) is 63.2 Å². The summed E-state index contributed by atoms with van der Waals surface area (Å²) in [5.74, 6) is -0.539. The predicted octanol–water partition coefficient (Wildman–Crippen LogP) is 2.69. The Kier molecular flexibility index (Phi) is 5.18. The number of fused-ring (bicyclic) bond motifs is 1. The number of anilines is 2. The van der Waals surface area contributed by atoms with E-state index in [0.29, 0.717) is 24.2 Å². The third kappa shape index (κ3) is 3.80. The largest absolute Gasteiger partial charge is 0.375 e. The summed E-state index contributed by atoms with van der Waals surface area (Å²) in [6.07, 6.45) is 0.685. The fourth-order valence-electron chi connectivity index (χ4n) is 3.09. The molecule has 0 unspecified atom stereocenters. The molecule has 8 nitrogen and oxygen atoms in total. The molecule has 0 spiro atoms. The van der Waals surface area contributed by atoms with Gasteiger partial charge in [0.25, 0.3) is 17.5 Å². The molecule has 2 aromatic carbocycles. The summed E-state index contributed by atoms with van der Waals surface area (Å²) < 4.78 is 4.90. The van der Waals surface area contributed by atoms with E-state index in [1.165, 1.54) is 13.2 Å². The van der Waals surface area contributed by atoms with Crippen LogP contribution in [0.3, 0.4) is 0 Å². The lowest BCUT2D eigenvalue weighted by atomic mass is 10.1. The van der Waals surface area contributed by atoms with Gasteiger partial charge in [0, 0.05) is 42.2 Å². The number of hydrogen-bond acceptors (Lipinski definition) is 5. The van der Waals surface area contributed by atoms with Crippen molar-refractivity contribution in [1.82, 2.24) is 0 Å². The highest BCUT2D eigenvalue weighted by molar-refractivity contribution is 6.05. The molecule has 0 saturated carbocycles. The van der Waals surface area contributed by atoms with Crippen LogP contribution in [0.1, 0.15) is 21.5 Å². The number of nitro benzene ring substituents is 1. The number of amides is 2. The zero-order valence-corrected chi connectivity index (χ0v) is 15.0. The van der Waals surface area contributed by atoms with Gasteiger partial charge in [-0.1, -0.05) is 6.07 Å². The maximum absolute atomic E-state index is 12.4. The van der Waals surface area contributed by atoms with Crippen LogP contribution in [0.2, 0.25) is 0 Å². The van der Waals surface area contributed by atoms with Gasteiger partial charge in [0.2, 0.25) is 0 Å². The Bertz CT molecular complexity index is 926. The van der Waals surface area contributed by atoms with Gasteiger partial charge < -0.3 is 15.0 Å². The van der Waals surface area contributed by atoms with Crippen molar-refractivity contribution in [1.29, 1.82) is 0 Å². The third-order valence-electron chi connectivity index (χ3n) is 4.47. The molecular formula is C19H19N3O5. The molecule has 0 aliphatic carbocycles. The van der Waals surface area contributed by atoms with E-state index < -0.39 is 10.8 Å². The molecule has 2 aromatic rings. The lowest BCUT2D eigenvalue weighted by Gasteiger charge is -2.17. The van der Waals surface area contributed by atoms with Gasteiger partial charge in [0.05, 0.1) is 4.92 Å². The molecule has 0 fully saturated rings. The number of aryl methyl sites for hydroxylation is 1. The molecule has 0 atom stereocenters. The SMILES string of the molecule is COCC(=O)N1CCc2cc(NC(=O)c3ccc(C)c([N+](=O)[O-])c3)ccc21. The quantitative estimate of drug-likeness (QED) is 0.645. The molecule has 8 heteroatoms. The van der Waals surface area contributed by atoms with E-state index in [2.05, 4.69) is 5.32 Å². The molecule has 1 heterocycles. The average Bonchev–Trinajstić information content (AvgIpc) is 3.05. The molecule has 0 radical (unpaired) electrons. The fourth-order valence-corrected chi connectivity index (χ4v) is 3.09. The van der Waals surface area contributed by atoms with Gasteiger partial charge in [0.1, 0.15) is 6.61 Å². The summed E-state index contributed by atoms with van der Waals surface area (Å²) in [5.41, 5.74) is 2.94. The van der Waals surface area contributed by atoms with E-state index in [0.717, 1.165) is 11.3 Å². The van der Waals surface area contributed by atoms with Gasteiger partial charge in [-0.25, -0.2) is 0 Å². The van der Waals surface area contributed by atoms with Crippen molar-refractivity contribution in [3.63, 3.8) is 0 Å². The van der Waals surface area contributed by atoms with E-state index in [-0.39, 0.29) is 23.8 Å². The Morgan fingerprint density at radius 1 is 1.26 bits per heavy atom. The second-order valence-electron chi connectivity index (χ2n) is 6.28. The summed E-state index contributed by atoms with van der Waals surface area (Å²) in [7, 11) is 1.48. The number of methoxy groups -OCH3 is 1. The van der Waals surface area contributed by atoms with Crippen LogP contribution in [0.25, 0.3) is 0 Å². The zero-order chi connectivity index (χ0) is 19.6. The first-order valence-electron chi connectivity index (χ1n) is 8.39. The second-order valence-corrected chi connectivity index (χ2v) is 6.28. The van der Waals surface area contributed by atoms with E-state index >= 15 is 0 Å². The first-order chi connectivity index (χ1) is 12.9. The summed E-state index contributed by atoms with van der Waals surface area (Å²) in [6.45, 7) is 2.21. The van der Waals surface area contributed by atoms with Crippen LogP contribution >= 0.6 is 0 Å². The second kappa shape index (κ2) is 7.55. The number of nitrogens with one attached hydrogen (secondary N) is 1. The summed E-state index contributed by atoms with van der Waals surface area (Å²) >= 11 is 0. The molecule has 140 valence electrons. The van der Waals surface area contributed by atoms with Crippen molar-refractivity contribution in [3.8, 4) is 0 Å². The minimum atomic E-state index is -0.507. The Morgan fingerprint density at radius 2 is 2.04 bits per heavy atom. The van der Waals surface area contributed by atoms with Crippen molar-refractivity contribution in [2.45, 2.75) is 13.3 Å². The number of carbonyl (C=O) groups excluding carboxylic acids is 2. The highest BCUT2D eigenvalue weighted by atomic mass is 16.6. The third-order valence-corrected chi connectivity index (χ3v) is 4.47. The van der Waals surface area contributed by atoms with Crippen molar-refractivity contribution < 1.29 is 19.2 Å². The van der Waals surface area contributed by atoms with Crippen LogP contribution in [0.4, 0.5) is 17.1 Å². The van der Waals surface area contributed by atoms with Gasteiger partial charge in [-0.05, 0) is 43.2 Å². The van der Waals surface area contributed by atoms with Gasteiger partial charge in [-0.2, -0.15) is 0 Å². The molecule has 0 bridgehead atoms. The van der Waals surface area contributed by atoms with E-state index in [4.69, 9.17) is 4.74 Å². The summed E-state index contributed by atoms with van der Waals surface area (Å²) in [6, 6.07) is 9.67. The number of rotatable bonds is 5. The molecule has 0 aromatic heterocycles. The molecule has 0 saturated heterocycles. The fraction of sp³-hybridized carbons (Fsp3) is 0.263. The Labute approximate surface area is 155 Å². The van der Waals surface area contributed by atoms with Crippen LogP contribution in [-0.2, 0) is 16.0 Å². The monoisotopic (exact) mass is 369 g/mol. The lowest BCUT2D eigenvalue weighted by molar-refractivity contribution is -0.385. The van der Waals surface area contributed by atoms with Crippen LogP contribution in [0.15, 0.2) is 36.4 Å². The van der Waals surface area contributed by atoms with E-state index in [1.807, 2.05) is 6.07 Å².